The van der Waals surface area contributed by atoms with E-state index in [-0.39, 0.29) is 23.0 Å². The highest BCUT2D eigenvalue weighted by molar-refractivity contribution is 7.95. The molecule has 0 aliphatic rings. The second-order valence-electron chi connectivity index (χ2n) is 42.5. The lowest BCUT2D eigenvalue weighted by molar-refractivity contribution is -0.925. The van der Waals surface area contributed by atoms with Gasteiger partial charge in [0.05, 0.1) is 254 Å². The molecule has 848 valence electrons. The number of unbranched alkanes of at least 4 members (excludes halogenated alkanes) is 40. The summed E-state index contributed by atoms with van der Waals surface area (Å²) in [6, 6.07) is 0. The van der Waals surface area contributed by atoms with Crippen molar-refractivity contribution in [3.63, 3.8) is 0 Å². The first-order valence-corrected chi connectivity index (χ1v) is 65.1. The SMILES string of the molecule is CC[N+](CC)(CCCCCCCCCCCC[N+](CC)(CC)CCCCS(=O)(=O)[O-])CCCCSOO[O-].CC[N+](CC)(CCCCCCCCCCCC[N+](CC)(CC)CCCS(=O)(=O)[O-])CCCSOO[O-].C[N+](C)(CCCCCCCCCCCC[N+](C)(C)CCCCS(=O)(=O)[O-])CCCCSOO[O-].C[N+](C)(CCCCCCCCCCCC[N+](C)(C)CCCS(=O)(=O)[O-])CCCSOO[O-]. The molecular formula is C100H216N8O24S8. The van der Waals surface area contributed by atoms with E-state index < -0.39 is 40.5 Å². The van der Waals surface area contributed by atoms with Gasteiger partial charge in [-0.15, -0.1) is 0 Å². The Kier molecular flexibility index (Phi) is 98.4. The average Bonchev–Trinajstić information content (AvgIpc) is 0.869. The van der Waals surface area contributed by atoms with Crippen molar-refractivity contribution < 1.29 is 146 Å². The largest absolute Gasteiger partial charge is 0.748 e. The zero-order valence-corrected chi connectivity index (χ0v) is 98.6. The van der Waals surface area contributed by atoms with Crippen molar-refractivity contribution in [1.29, 1.82) is 0 Å². The van der Waals surface area contributed by atoms with E-state index in [1.165, 1.54) is 301 Å². The smallest absolute Gasteiger partial charge is 0.0948 e. The molecule has 140 heavy (non-hydrogen) atoms. The van der Waals surface area contributed by atoms with Gasteiger partial charge in [-0.2, -0.15) is 17.3 Å². The molecule has 0 atom stereocenters. The van der Waals surface area contributed by atoms with E-state index in [0.717, 1.165) is 272 Å². The van der Waals surface area contributed by atoms with Crippen molar-refractivity contribution in [1.82, 2.24) is 0 Å². The summed E-state index contributed by atoms with van der Waals surface area (Å²) in [5.74, 6) is 2.21. The molecule has 0 saturated carbocycles. The third-order valence-corrected chi connectivity index (χ3v) is 34.9. The van der Waals surface area contributed by atoms with Crippen molar-refractivity contribution in [2.45, 2.75) is 389 Å². The highest BCUT2D eigenvalue weighted by atomic mass is 32.2. The van der Waals surface area contributed by atoms with Crippen molar-refractivity contribution in [3.05, 3.63) is 0 Å². The van der Waals surface area contributed by atoms with Crippen LogP contribution in [-0.2, 0) is 78.0 Å². The Balaban J connectivity index is -0.000000882. The van der Waals surface area contributed by atoms with Crippen LogP contribution in [0.3, 0.4) is 0 Å². The first kappa shape index (κ1) is 146. The van der Waals surface area contributed by atoms with E-state index in [1.807, 2.05) is 0 Å². The zero-order chi connectivity index (χ0) is 106. The molecule has 0 rings (SSSR count). The third kappa shape index (κ3) is 101. The Morgan fingerprint density at radius 2 is 0.293 bits per heavy atom. The molecule has 0 aromatic carbocycles. The highest BCUT2D eigenvalue weighted by Crippen LogP contribution is 2.24. The number of hydrogen-bond acceptors (Lipinski definition) is 28. The normalized spacial score (nSPS) is 13.0. The lowest BCUT2D eigenvalue weighted by Gasteiger charge is -2.37. The van der Waals surface area contributed by atoms with E-state index >= 15 is 0 Å². The molecule has 0 aromatic heterocycles. The Hall–Kier alpha value is 0.240. The summed E-state index contributed by atoms with van der Waals surface area (Å²) in [5.41, 5.74) is 0. The van der Waals surface area contributed by atoms with Crippen molar-refractivity contribution in [3.8, 4) is 0 Å². The topological polar surface area (TPSA) is 395 Å². The van der Waals surface area contributed by atoms with E-state index in [9.17, 15) is 72.9 Å². The lowest BCUT2D eigenvalue weighted by Crippen LogP contribution is -2.49. The van der Waals surface area contributed by atoms with Crippen LogP contribution >= 0.6 is 48.2 Å². The Labute approximate surface area is 877 Å². The van der Waals surface area contributed by atoms with Crippen LogP contribution in [0.4, 0.5) is 0 Å². The van der Waals surface area contributed by atoms with E-state index in [4.69, 9.17) is 0 Å². The Bertz CT molecular complexity index is 3160. The molecule has 40 heteroatoms. The van der Waals surface area contributed by atoms with Crippen LogP contribution in [0.25, 0.3) is 0 Å². The summed E-state index contributed by atoms with van der Waals surface area (Å²) in [7, 11) is 1.38. The molecule has 0 amide bonds. The molecule has 0 aliphatic heterocycles. The van der Waals surface area contributed by atoms with E-state index in [1.54, 1.807) is 0 Å². The van der Waals surface area contributed by atoms with Gasteiger partial charge in [0.15, 0.2) is 0 Å². The minimum absolute atomic E-state index is 0.226. The number of hydrogen-bond donors (Lipinski definition) is 0. The molecule has 0 bridgehead atoms. The van der Waals surface area contributed by atoms with Crippen LogP contribution in [0, 0.1) is 0 Å². The van der Waals surface area contributed by atoms with Gasteiger partial charge in [-0.25, -0.2) is 33.7 Å². The number of quaternary nitrogens is 8. The van der Waals surface area contributed by atoms with Crippen LogP contribution in [0.15, 0.2) is 0 Å². The first-order chi connectivity index (χ1) is 66.4. The molecule has 0 heterocycles. The maximum absolute atomic E-state index is 10.9. The second kappa shape index (κ2) is 94.0. The van der Waals surface area contributed by atoms with Gasteiger partial charge < -0.3 is 75.1 Å². The Morgan fingerprint density at radius 3 is 0.493 bits per heavy atom. The van der Waals surface area contributed by atoms with Crippen LogP contribution in [0.1, 0.15) is 389 Å². The Morgan fingerprint density at radius 1 is 0.171 bits per heavy atom. The summed E-state index contributed by atoms with van der Waals surface area (Å²) < 4.78 is 155. The van der Waals surface area contributed by atoms with Gasteiger partial charge >= 0.3 is 0 Å². The van der Waals surface area contributed by atoms with Gasteiger partial charge in [-0.05, 0) is 209 Å². The molecule has 0 fully saturated rings. The molecular weight excluding hydrogens is 1950 g/mol. The second-order valence-corrected chi connectivity index (χ2v) is 51.7. The van der Waals surface area contributed by atoms with Gasteiger partial charge in [0.1, 0.15) is 0 Å². The fraction of sp³-hybridized carbons (Fsp3) is 1.00. The van der Waals surface area contributed by atoms with Gasteiger partial charge in [0, 0.05) is 120 Å². The van der Waals surface area contributed by atoms with Crippen LogP contribution in [0.5, 0.6) is 0 Å². The zero-order valence-electron chi connectivity index (χ0n) is 92.0. The molecule has 0 unspecified atom stereocenters. The quantitative estimate of drug-likeness (QED) is 0.0136. The van der Waals surface area contributed by atoms with Crippen molar-refractivity contribution >= 4 is 88.6 Å². The molecule has 0 spiro atoms. The maximum atomic E-state index is 10.9. The molecule has 0 saturated heterocycles. The third-order valence-electron chi connectivity index (χ3n) is 29.3. The van der Waals surface area contributed by atoms with Crippen LogP contribution in [0.2, 0.25) is 0 Å². The minimum atomic E-state index is -4.10. The summed E-state index contributed by atoms with van der Waals surface area (Å²) >= 11 is 4.34. The van der Waals surface area contributed by atoms with Crippen LogP contribution < -0.4 is 21.0 Å². The number of rotatable bonds is 104. The van der Waals surface area contributed by atoms with Gasteiger partial charge in [-0.1, -0.05) is 154 Å². The van der Waals surface area contributed by atoms with Gasteiger partial charge in [-0.3, -0.25) is 20.2 Å². The average molecular weight is 2170 g/mol. The fourth-order valence-electron chi connectivity index (χ4n) is 19.2. The highest BCUT2D eigenvalue weighted by Gasteiger charge is 2.28. The monoisotopic (exact) mass is 2170 g/mol. The lowest BCUT2D eigenvalue weighted by atomic mass is 10.1. The van der Waals surface area contributed by atoms with Gasteiger partial charge in [0.2, 0.25) is 0 Å². The van der Waals surface area contributed by atoms with E-state index in [0.29, 0.717) is 25.7 Å². The predicted octanol–water partition coefficient (Wildman–Crippen LogP) is 17.6. The van der Waals surface area contributed by atoms with Crippen LogP contribution in [-0.4, -0.2) is 347 Å². The number of nitrogens with zero attached hydrogens (tertiary/aromatic N) is 8. The summed E-state index contributed by atoms with van der Waals surface area (Å²) in [4.78, 5) is 0. The molecule has 32 nitrogen and oxygen atoms in total. The molecule has 0 N–H and O–H groups in total. The summed E-state index contributed by atoms with van der Waals surface area (Å²) in [5, 5.41) is 52.6. The molecule has 0 aliphatic carbocycles. The first-order valence-electron chi connectivity index (χ1n) is 55.1. The molecule has 0 radical (unpaired) electrons. The van der Waals surface area contributed by atoms with E-state index in [2.05, 4.69) is 149 Å². The van der Waals surface area contributed by atoms with Crippen molar-refractivity contribution in [2.24, 2.45) is 0 Å². The maximum Gasteiger partial charge on any atom is 0.0948 e. The minimum Gasteiger partial charge on any atom is -0.748 e. The molecule has 0 aromatic rings. The summed E-state index contributed by atoms with van der Waals surface area (Å²) in [6.07, 6.45) is 61.8. The van der Waals surface area contributed by atoms with Crippen molar-refractivity contribution in [2.75, 3.05) is 259 Å². The standard InChI is InChI=1S/C28H60N2O6S2.C26H56N2O6S2.C24H52N2O6S2.C22H48N2O6S2/c1-5-29(6-2,25-19-21-27-37-36-35-31)23-17-15-13-11-9-10-12-14-16-18-24-30(7-3,8-4)26-20-22-28-38(32,33)34;1-5-27(6-2,23-19-25-35-34-33-29)21-17-15-13-11-9-10-12-14-16-18-22-28(7-3,8-4)24-20-26-36(30,31)32;1-25(2,21-15-17-23-33-32-31-27)19-13-11-9-7-5-6-8-10-12-14-20-26(3,4)22-16-18-24-34(28,29)30;1-23(2,19-15-21-31-30-29-25)17-13-11-9-7-5-6-8-10-12-14-18-24(3,4)20-16-22-32(26,27)28/h5-28H2,1-4H3;5-26H2,1-4H3;5-24H2,1-4H3;5-22H2,1-4H3. The predicted molar refractivity (Wildman–Crippen MR) is 569 cm³/mol. The fourth-order valence-corrected chi connectivity index (χ4v) is 22.9. The summed E-state index contributed by atoms with van der Waals surface area (Å²) in [6.45, 7) is 44.1. The van der Waals surface area contributed by atoms with Gasteiger partial charge in [0.25, 0.3) is 0 Å².